The molecule has 0 radical (unpaired) electrons. The molecule has 1 aliphatic carbocycles. The highest BCUT2D eigenvalue weighted by atomic mass is 35.5. The number of amides is 1. The third-order valence-electron chi connectivity index (χ3n) is 5.10. The molecule has 3 rings (SSSR count). The Morgan fingerprint density at radius 3 is 2.81 bits per heavy atom. The van der Waals surface area contributed by atoms with Gasteiger partial charge in [-0.15, -0.1) is 11.3 Å². The molecule has 0 aromatic carbocycles. The second-order valence-electron chi connectivity index (χ2n) is 8.32. The summed E-state index contributed by atoms with van der Waals surface area (Å²) in [6, 6.07) is 1.80. The zero-order chi connectivity index (χ0) is 19.8. The van der Waals surface area contributed by atoms with Crippen molar-refractivity contribution in [1.29, 1.82) is 5.26 Å². The topological polar surface area (TPSA) is 83.3 Å². The molecule has 1 saturated carbocycles. The Kier molecular flexibility index (Phi) is 5.78. The number of fused-ring (bicyclic) bond motifs is 2. The number of aromatic nitrogens is 1. The molecule has 1 aliphatic heterocycles. The Morgan fingerprint density at radius 1 is 1.48 bits per heavy atom. The molecule has 1 saturated heterocycles. The van der Waals surface area contributed by atoms with Crippen molar-refractivity contribution < 1.29 is 14.3 Å². The molecular formula is C19H24ClN3O3S. The standard InChI is InChI=1S/C19H24ClN3O3S/c1-19(2,3)26-18(25)23-13-5-4-12(8-13)17(23)14(24)6-11(9-21)7-16-22-10-15(20)27-16/h10-13,17H,4-8H2,1-3H3/t11?,12-,13+,17-/m0/s1. The molecule has 2 aliphatic rings. The van der Waals surface area contributed by atoms with E-state index in [0.717, 1.165) is 24.3 Å². The molecule has 1 unspecified atom stereocenters. The summed E-state index contributed by atoms with van der Waals surface area (Å²) < 4.78 is 6.10. The Bertz CT molecular complexity index is 767. The number of hydrogen-bond donors (Lipinski definition) is 0. The summed E-state index contributed by atoms with van der Waals surface area (Å²) in [4.78, 5) is 31.5. The van der Waals surface area contributed by atoms with Crippen molar-refractivity contribution in [1.82, 2.24) is 9.88 Å². The Hall–Kier alpha value is -1.65. The Morgan fingerprint density at radius 2 is 2.22 bits per heavy atom. The molecule has 1 aromatic heterocycles. The molecule has 146 valence electrons. The van der Waals surface area contributed by atoms with Crippen LogP contribution in [0.1, 0.15) is 51.5 Å². The number of halogens is 1. The van der Waals surface area contributed by atoms with Crippen LogP contribution in [0.4, 0.5) is 4.79 Å². The lowest BCUT2D eigenvalue weighted by atomic mass is 9.89. The fourth-order valence-corrected chi connectivity index (χ4v) is 5.14. The summed E-state index contributed by atoms with van der Waals surface area (Å²) in [7, 11) is 0. The largest absolute Gasteiger partial charge is 0.444 e. The van der Waals surface area contributed by atoms with Crippen molar-refractivity contribution in [2.45, 2.75) is 70.6 Å². The highest BCUT2D eigenvalue weighted by molar-refractivity contribution is 7.15. The summed E-state index contributed by atoms with van der Waals surface area (Å²) >= 11 is 7.22. The molecule has 6 nitrogen and oxygen atoms in total. The van der Waals surface area contributed by atoms with E-state index in [1.165, 1.54) is 11.3 Å². The monoisotopic (exact) mass is 409 g/mol. The van der Waals surface area contributed by atoms with Crippen LogP contribution in [-0.4, -0.2) is 39.4 Å². The first-order chi connectivity index (χ1) is 12.7. The van der Waals surface area contributed by atoms with E-state index in [0.29, 0.717) is 10.8 Å². The number of thiazole rings is 1. The predicted molar refractivity (Wildman–Crippen MR) is 103 cm³/mol. The van der Waals surface area contributed by atoms with Crippen LogP contribution < -0.4 is 0 Å². The van der Waals surface area contributed by atoms with E-state index in [4.69, 9.17) is 16.3 Å². The zero-order valence-electron chi connectivity index (χ0n) is 15.8. The third kappa shape index (κ3) is 4.61. The van der Waals surface area contributed by atoms with Crippen molar-refractivity contribution in [3.8, 4) is 6.07 Å². The van der Waals surface area contributed by atoms with Crippen LogP contribution in [0.25, 0.3) is 0 Å². The van der Waals surface area contributed by atoms with Crippen molar-refractivity contribution >= 4 is 34.8 Å². The highest BCUT2D eigenvalue weighted by Gasteiger charge is 2.52. The number of carbonyl (C=O) groups is 2. The van der Waals surface area contributed by atoms with Gasteiger partial charge in [0.2, 0.25) is 0 Å². The first-order valence-corrected chi connectivity index (χ1v) is 10.4. The van der Waals surface area contributed by atoms with Crippen LogP contribution in [-0.2, 0) is 16.0 Å². The number of ketones is 1. The number of carbonyl (C=O) groups excluding carboxylic acids is 2. The highest BCUT2D eigenvalue weighted by Crippen LogP contribution is 2.44. The van der Waals surface area contributed by atoms with Gasteiger partial charge in [0, 0.05) is 18.9 Å². The maximum absolute atomic E-state index is 13.0. The smallest absolute Gasteiger partial charge is 0.411 e. The van der Waals surface area contributed by atoms with Gasteiger partial charge in [-0.25, -0.2) is 9.78 Å². The van der Waals surface area contributed by atoms with Gasteiger partial charge in [0.25, 0.3) is 0 Å². The van der Waals surface area contributed by atoms with Gasteiger partial charge in [0.15, 0.2) is 5.78 Å². The average Bonchev–Trinajstić information content (AvgIpc) is 3.27. The average molecular weight is 410 g/mol. The van der Waals surface area contributed by atoms with E-state index in [9.17, 15) is 14.9 Å². The SMILES string of the molecule is CC(C)(C)OC(=O)N1[C@@H]2CC[C@@H](C2)[C@H]1C(=O)CC(C#N)Cc1ncc(Cl)s1. The quantitative estimate of drug-likeness (QED) is 0.726. The molecule has 8 heteroatoms. The first kappa shape index (κ1) is 20.1. The second-order valence-corrected chi connectivity index (χ2v) is 10.1. The number of nitrogens with zero attached hydrogens (tertiary/aromatic N) is 3. The van der Waals surface area contributed by atoms with E-state index in [1.807, 2.05) is 20.8 Å². The molecule has 0 spiro atoms. The number of hydrogen-bond acceptors (Lipinski definition) is 6. The summed E-state index contributed by atoms with van der Waals surface area (Å²) in [5, 5.41) is 10.2. The van der Waals surface area contributed by atoms with Gasteiger partial charge in [-0.1, -0.05) is 11.6 Å². The van der Waals surface area contributed by atoms with Crippen LogP contribution in [0.15, 0.2) is 6.20 Å². The molecule has 1 aromatic rings. The number of piperidine rings is 1. The van der Waals surface area contributed by atoms with Crippen molar-refractivity contribution in [2.24, 2.45) is 11.8 Å². The molecule has 27 heavy (non-hydrogen) atoms. The molecule has 0 N–H and O–H groups in total. The van der Waals surface area contributed by atoms with Crippen LogP contribution in [0, 0.1) is 23.2 Å². The number of ether oxygens (including phenoxy) is 1. The van der Waals surface area contributed by atoms with E-state index < -0.39 is 23.7 Å². The van der Waals surface area contributed by atoms with Crippen LogP contribution in [0.3, 0.4) is 0 Å². The second kappa shape index (κ2) is 7.76. The van der Waals surface area contributed by atoms with Crippen LogP contribution >= 0.6 is 22.9 Å². The fourth-order valence-electron chi connectivity index (χ4n) is 4.10. The molecule has 1 amide bonds. The van der Waals surface area contributed by atoms with Gasteiger partial charge in [-0.05, 0) is 46.0 Å². The molecule has 2 fully saturated rings. The van der Waals surface area contributed by atoms with Crippen molar-refractivity contribution in [3.63, 3.8) is 0 Å². The maximum Gasteiger partial charge on any atom is 0.411 e. The number of rotatable bonds is 5. The molecular weight excluding hydrogens is 386 g/mol. The van der Waals surface area contributed by atoms with Crippen LogP contribution in [0.2, 0.25) is 4.34 Å². The van der Waals surface area contributed by atoms with Gasteiger partial charge >= 0.3 is 6.09 Å². The van der Waals surface area contributed by atoms with E-state index in [2.05, 4.69) is 11.1 Å². The van der Waals surface area contributed by atoms with Crippen molar-refractivity contribution in [2.75, 3.05) is 0 Å². The summed E-state index contributed by atoms with van der Waals surface area (Å²) in [5.74, 6) is -0.356. The minimum atomic E-state index is -0.605. The van der Waals surface area contributed by atoms with E-state index in [-0.39, 0.29) is 24.2 Å². The summed E-state index contributed by atoms with van der Waals surface area (Å²) in [6.45, 7) is 5.46. The lowest BCUT2D eigenvalue weighted by Gasteiger charge is -2.35. The normalized spacial score (nSPS) is 25.3. The zero-order valence-corrected chi connectivity index (χ0v) is 17.3. The fraction of sp³-hybridized carbons (Fsp3) is 0.684. The number of nitriles is 1. The molecule has 4 atom stereocenters. The third-order valence-corrected chi connectivity index (χ3v) is 6.23. The van der Waals surface area contributed by atoms with E-state index in [1.54, 1.807) is 11.1 Å². The number of Topliss-reactive ketones (excluding diaryl/α,β-unsaturated/α-hetero) is 1. The van der Waals surface area contributed by atoms with Gasteiger partial charge in [0.05, 0.1) is 29.2 Å². The van der Waals surface area contributed by atoms with Gasteiger partial charge in [0.1, 0.15) is 9.94 Å². The lowest BCUT2D eigenvalue weighted by molar-refractivity contribution is -0.126. The molecule has 2 heterocycles. The first-order valence-electron chi connectivity index (χ1n) is 9.22. The maximum atomic E-state index is 13.0. The minimum Gasteiger partial charge on any atom is -0.444 e. The Balaban J connectivity index is 1.69. The van der Waals surface area contributed by atoms with Gasteiger partial charge in [-0.3, -0.25) is 9.69 Å². The predicted octanol–water partition coefficient (Wildman–Crippen LogP) is 4.23. The Labute approximate surface area is 168 Å². The number of likely N-dealkylation sites (tertiary alicyclic amines) is 1. The van der Waals surface area contributed by atoms with Gasteiger partial charge < -0.3 is 4.74 Å². The summed E-state index contributed by atoms with van der Waals surface area (Å²) in [5.41, 5.74) is -0.605. The van der Waals surface area contributed by atoms with Gasteiger partial charge in [-0.2, -0.15) is 5.26 Å². The van der Waals surface area contributed by atoms with E-state index >= 15 is 0 Å². The van der Waals surface area contributed by atoms with Crippen molar-refractivity contribution in [3.05, 3.63) is 15.5 Å². The van der Waals surface area contributed by atoms with Crippen LogP contribution in [0.5, 0.6) is 0 Å². The summed E-state index contributed by atoms with van der Waals surface area (Å²) in [6.07, 6.45) is 4.33. The lowest BCUT2D eigenvalue weighted by Crippen LogP contribution is -2.51. The minimum absolute atomic E-state index is 0.0535. The molecule has 2 bridgehead atoms.